The Morgan fingerprint density at radius 3 is 2.68 bits per heavy atom. The molecule has 0 aliphatic heterocycles. The number of alkyl halides is 2. The molecule has 0 saturated carbocycles. The molecule has 106 valence electrons. The van der Waals surface area contributed by atoms with E-state index in [2.05, 4.69) is 15.5 Å². The first kappa shape index (κ1) is 15.1. The molecular weight excluding hydrogens is 262 g/mol. The fourth-order valence-corrected chi connectivity index (χ4v) is 1.43. The zero-order valence-electron chi connectivity index (χ0n) is 9.94. The predicted octanol–water partition coefficient (Wildman–Crippen LogP) is 1.57. The number of nitro benzene ring substituents is 1. The van der Waals surface area contributed by atoms with E-state index in [0.717, 1.165) is 0 Å². The molecular formula is C10H14F2N4O3. The molecule has 0 aliphatic carbocycles. The number of para-hydroxylation sites is 1. The minimum absolute atomic E-state index is 0.0157. The van der Waals surface area contributed by atoms with E-state index in [-0.39, 0.29) is 30.2 Å². The highest BCUT2D eigenvalue weighted by atomic mass is 19.3. The van der Waals surface area contributed by atoms with Crippen molar-refractivity contribution in [3.63, 3.8) is 0 Å². The zero-order chi connectivity index (χ0) is 14.3. The number of nitrogen functional groups attached to an aromatic ring is 1. The second-order valence-electron chi connectivity index (χ2n) is 3.50. The number of nitro groups is 1. The molecule has 19 heavy (non-hydrogen) atoms. The maximum absolute atomic E-state index is 11.8. The second-order valence-corrected chi connectivity index (χ2v) is 3.50. The Morgan fingerprint density at radius 1 is 1.42 bits per heavy atom. The highest BCUT2D eigenvalue weighted by Gasteiger charge is 2.18. The van der Waals surface area contributed by atoms with Gasteiger partial charge in [-0.05, 0) is 12.1 Å². The van der Waals surface area contributed by atoms with Gasteiger partial charge in [-0.1, -0.05) is 6.07 Å². The van der Waals surface area contributed by atoms with Gasteiger partial charge in [0.15, 0.2) is 0 Å². The number of hydrazine groups is 1. The third-order valence-electron chi connectivity index (χ3n) is 2.18. The Labute approximate surface area is 107 Å². The van der Waals surface area contributed by atoms with Gasteiger partial charge in [-0.3, -0.25) is 16.0 Å². The molecule has 0 aliphatic rings. The molecule has 0 fully saturated rings. The van der Waals surface area contributed by atoms with Crippen LogP contribution in [0.5, 0.6) is 0 Å². The van der Waals surface area contributed by atoms with E-state index in [9.17, 15) is 18.9 Å². The lowest BCUT2D eigenvalue weighted by molar-refractivity contribution is -0.383. The molecule has 7 nitrogen and oxygen atoms in total. The maximum atomic E-state index is 11.8. The first-order chi connectivity index (χ1) is 9.06. The number of benzene rings is 1. The smallest absolute Gasteiger partial charge is 0.316 e. The lowest BCUT2D eigenvalue weighted by Crippen LogP contribution is -2.15. The first-order valence-electron chi connectivity index (χ1n) is 5.40. The van der Waals surface area contributed by atoms with Gasteiger partial charge in [-0.2, -0.15) is 0 Å². The fraction of sp³-hybridized carbons (Fsp3) is 0.400. The van der Waals surface area contributed by atoms with Crippen molar-refractivity contribution in [1.29, 1.82) is 0 Å². The molecule has 4 N–H and O–H groups in total. The summed E-state index contributed by atoms with van der Waals surface area (Å²) in [7, 11) is 0. The van der Waals surface area contributed by atoms with Crippen LogP contribution in [0.4, 0.5) is 25.8 Å². The zero-order valence-corrected chi connectivity index (χ0v) is 9.94. The third kappa shape index (κ3) is 4.64. The molecule has 0 aromatic heterocycles. The van der Waals surface area contributed by atoms with Crippen molar-refractivity contribution >= 4 is 17.1 Å². The monoisotopic (exact) mass is 276 g/mol. The summed E-state index contributed by atoms with van der Waals surface area (Å²) in [6, 6.07) is 4.52. The molecule has 1 aromatic rings. The Morgan fingerprint density at radius 2 is 2.11 bits per heavy atom. The SMILES string of the molecule is NNc1cccc(NCCOCC(F)F)c1[N+](=O)[O-]. The number of rotatable bonds is 8. The van der Waals surface area contributed by atoms with Crippen LogP contribution in [0.25, 0.3) is 0 Å². The number of ether oxygens (including phenoxy) is 1. The van der Waals surface area contributed by atoms with Gasteiger partial charge in [0.25, 0.3) is 6.43 Å². The molecule has 0 amide bonds. The van der Waals surface area contributed by atoms with Crippen LogP contribution in [-0.2, 0) is 4.74 Å². The molecule has 0 bridgehead atoms. The Bertz CT molecular complexity index is 431. The minimum atomic E-state index is -2.53. The lowest BCUT2D eigenvalue weighted by Gasteiger charge is -2.10. The van der Waals surface area contributed by atoms with Crippen molar-refractivity contribution in [1.82, 2.24) is 0 Å². The summed E-state index contributed by atoms with van der Waals surface area (Å²) in [5.41, 5.74) is 2.41. The van der Waals surface area contributed by atoms with E-state index in [1.54, 1.807) is 6.07 Å². The molecule has 9 heteroatoms. The molecule has 0 radical (unpaired) electrons. The summed E-state index contributed by atoms with van der Waals surface area (Å²) in [6.45, 7) is -0.475. The van der Waals surface area contributed by atoms with Crippen LogP contribution in [0.1, 0.15) is 0 Å². The normalized spacial score (nSPS) is 10.5. The van der Waals surface area contributed by atoms with E-state index in [1.165, 1.54) is 12.1 Å². The van der Waals surface area contributed by atoms with E-state index >= 15 is 0 Å². The summed E-state index contributed by atoms with van der Waals surface area (Å²) >= 11 is 0. The molecule has 0 atom stereocenters. The predicted molar refractivity (Wildman–Crippen MR) is 66.2 cm³/mol. The van der Waals surface area contributed by atoms with Crippen LogP contribution in [0.2, 0.25) is 0 Å². The molecule has 1 rings (SSSR count). The van der Waals surface area contributed by atoms with Gasteiger partial charge in [0.2, 0.25) is 0 Å². The molecule has 0 unspecified atom stereocenters. The fourth-order valence-electron chi connectivity index (χ4n) is 1.43. The van der Waals surface area contributed by atoms with Crippen LogP contribution >= 0.6 is 0 Å². The number of hydrogen-bond donors (Lipinski definition) is 3. The molecule has 0 heterocycles. The first-order valence-corrected chi connectivity index (χ1v) is 5.40. The Hall–Kier alpha value is -2.00. The third-order valence-corrected chi connectivity index (χ3v) is 2.18. The number of nitrogens with zero attached hydrogens (tertiary/aromatic N) is 1. The van der Waals surface area contributed by atoms with Crippen LogP contribution < -0.4 is 16.6 Å². The number of nitrogens with one attached hydrogen (secondary N) is 2. The van der Waals surface area contributed by atoms with Crippen LogP contribution in [0.15, 0.2) is 18.2 Å². The lowest BCUT2D eigenvalue weighted by atomic mass is 10.2. The number of hydrogen-bond acceptors (Lipinski definition) is 6. The van der Waals surface area contributed by atoms with Crippen molar-refractivity contribution < 1.29 is 18.4 Å². The van der Waals surface area contributed by atoms with Gasteiger partial charge in [-0.15, -0.1) is 0 Å². The largest absolute Gasteiger partial charge is 0.377 e. The summed E-state index contributed by atoms with van der Waals surface area (Å²) in [5.74, 6) is 5.18. The van der Waals surface area contributed by atoms with Crippen molar-refractivity contribution in [2.75, 3.05) is 30.5 Å². The summed E-state index contributed by atoms with van der Waals surface area (Å²) in [5, 5.41) is 13.7. The second kappa shape index (κ2) is 7.44. The van der Waals surface area contributed by atoms with Gasteiger partial charge < -0.3 is 15.5 Å². The van der Waals surface area contributed by atoms with Crippen molar-refractivity contribution in [2.45, 2.75) is 6.43 Å². The Kier molecular flexibility index (Phi) is 5.90. The molecule has 0 spiro atoms. The van der Waals surface area contributed by atoms with E-state index in [1.807, 2.05) is 0 Å². The van der Waals surface area contributed by atoms with Crippen molar-refractivity contribution in [3.05, 3.63) is 28.3 Å². The summed E-state index contributed by atoms with van der Waals surface area (Å²) in [4.78, 5) is 10.3. The van der Waals surface area contributed by atoms with Crippen LogP contribution in [0.3, 0.4) is 0 Å². The average Bonchev–Trinajstić information content (AvgIpc) is 2.37. The van der Waals surface area contributed by atoms with Gasteiger partial charge in [0.1, 0.15) is 18.0 Å². The minimum Gasteiger partial charge on any atom is -0.377 e. The number of anilines is 2. The average molecular weight is 276 g/mol. The maximum Gasteiger partial charge on any atom is 0.316 e. The number of halogens is 2. The van der Waals surface area contributed by atoms with Gasteiger partial charge in [0.05, 0.1) is 11.5 Å². The van der Waals surface area contributed by atoms with E-state index in [0.29, 0.717) is 0 Å². The van der Waals surface area contributed by atoms with Gasteiger partial charge >= 0.3 is 5.69 Å². The van der Waals surface area contributed by atoms with Crippen molar-refractivity contribution in [3.8, 4) is 0 Å². The van der Waals surface area contributed by atoms with E-state index < -0.39 is 18.0 Å². The van der Waals surface area contributed by atoms with E-state index in [4.69, 9.17) is 5.84 Å². The molecule has 1 aromatic carbocycles. The number of nitrogens with two attached hydrogens (primary N) is 1. The Balaban J connectivity index is 2.60. The van der Waals surface area contributed by atoms with Crippen LogP contribution in [0, 0.1) is 10.1 Å². The van der Waals surface area contributed by atoms with Gasteiger partial charge in [-0.25, -0.2) is 8.78 Å². The highest BCUT2D eigenvalue weighted by molar-refractivity contribution is 5.75. The standard InChI is InChI=1S/C10H14F2N4O3/c11-9(12)6-19-5-4-14-7-2-1-3-8(15-13)10(7)16(17)18/h1-3,9,14-15H,4-6,13H2. The van der Waals surface area contributed by atoms with Crippen molar-refractivity contribution in [2.24, 2.45) is 5.84 Å². The summed E-state index contributed by atoms with van der Waals surface area (Å²) in [6.07, 6.45) is -2.53. The molecule has 0 saturated heterocycles. The highest BCUT2D eigenvalue weighted by Crippen LogP contribution is 2.31. The van der Waals surface area contributed by atoms with Crippen LogP contribution in [-0.4, -0.2) is 31.1 Å². The topological polar surface area (TPSA) is 102 Å². The summed E-state index contributed by atoms with van der Waals surface area (Å²) < 4.78 is 28.2. The van der Waals surface area contributed by atoms with Gasteiger partial charge in [0, 0.05) is 6.54 Å². The quantitative estimate of drug-likeness (QED) is 0.288.